The quantitative estimate of drug-likeness (QED) is 0.813. The number of esters is 1. The Hall–Kier alpha value is -1.97. The molecular weight excluding hydrogens is 297 g/mol. The Morgan fingerprint density at radius 3 is 2.70 bits per heavy atom. The van der Waals surface area contributed by atoms with Crippen molar-refractivity contribution in [1.82, 2.24) is 20.0 Å². The van der Waals surface area contributed by atoms with Crippen LogP contribution in [0.15, 0.2) is 6.07 Å². The largest absolute Gasteiger partial charge is 0.461 e. The number of nitrogens with zero attached hydrogens (tertiary/aromatic N) is 4. The second-order valence-corrected chi connectivity index (χ2v) is 4.65. The third kappa shape index (κ3) is 2.79. The number of hydrogen-bond acceptors (Lipinski definition) is 6. The van der Waals surface area contributed by atoms with Crippen LogP contribution in [0.25, 0.3) is 5.13 Å². The van der Waals surface area contributed by atoms with Gasteiger partial charge in [-0.15, -0.1) is 10.2 Å². The monoisotopic (exact) mass is 306 g/mol. The molecule has 0 spiro atoms. The van der Waals surface area contributed by atoms with E-state index in [-0.39, 0.29) is 17.4 Å². The van der Waals surface area contributed by atoms with Gasteiger partial charge in [-0.05, 0) is 19.9 Å². The lowest BCUT2D eigenvalue weighted by Gasteiger charge is -2.02. The number of rotatable bonds is 3. The molecule has 0 fully saturated rings. The second kappa shape index (κ2) is 5.19. The minimum Gasteiger partial charge on any atom is -0.461 e. The number of aryl methyl sites for hydroxylation is 1. The van der Waals surface area contributed by atoms with Crippen molar-refractivity contribution in [3.05, 3.63) is 22.5 Å². The first-order valence-corrected chi connectivity index (χ1v) is 6.29. The molecule has 0 aromatic carbocycles. The summed E-state index contributed by atoms with van der Waals surface area (Å²) in [6, 6.07) is 1.41. The van der Waals surface area contributed by atoms with Crippen LogP contribution in [-0.2, 0) is 10.9 Å². The van der Waals surface area contributed by atoms with Crippen molar-refractivity contribution < 1.29 is 22.7 Å². The molecule has 2 heterocycles. The highest BCUT2D eigenvalue weighted by Crippen LogP contribution is 2.32. The normalized spacial score (nSPS) is 11.7. The summed E-state index contributed by atoms with van der Waals surface area (Å²) in [5.74, 6) is -0.683. The van der Waals surface area contributed by atoms with E-state index in [1.54, 1.807) is 13.8 Å². The lowest BCUT2D eigenvalue weighted by molar-refractivity contribution is -0.138. The number of carbonyl (C=O) groups excluding carboxylic acids is 1. The van der Waals surface area contributed by atoms with Gasteiger partial charge in [-0.1, -0.05) is 11.3 Å². The molecule has 2 aromatic heterocycles. The highest BCUT2D eigenvalue weighted by molar-refractivity contribution is 7.13. The van der Waals surface area contributed by atoms with Gasteiger partial charge in [0.05, 0.1) is 12.3 Å². The molecule has 0 aliphatic carbocycles. The minimum atomic E-state index is -4.58. The molecule has 0 saturated carbocycles. The maximum atomic E-state index is 12.5. The van der Waals surface area contributed by atoms with E-state index >= 15 is 0 Å². The molecule has 10 heteroatoms. The molecule has 108 valence electrons. The summed E-state index contributed by atoms with van der Waals surface area (Å²) in [4.78, 5) is 11.7. The predicted molar refractivity (Wildman–Crippen MR) is 62.7 cm³/mol. The van der Waals surface area contributed by atoms with Crippen LogP contribution < -0.4 is 0 Å². The summed E-state index contributed by atoms with van der Waals surface area (Å²) in [7, 11) is 0. The third-order valence-corrected chi connectivity index (χ3v) is 3.10. The first-order valence-electron chi connectivity index (χ1n) is 5.47. The molecule has 0 amide bonds. The first-order chi connectivity index (χ1) is 9.32. The molecule has 0 atom stereocenters. The molecule has 0 bridgehead atoms. The zero-order valence-corrected chi connectivity index (χ0v) is 11.2. The highest BCUT2D eigenvalue weighted by Gasteiger charge is 2.36. The Bertz CT molecular complexity index is 635. The van der Waals surface area contributed by atoms with Crippen molar-refractivity contribution in [2.45, 2.75) is 20.0 Å². The van der Waals surface area contributed by atoms with Crippen molar-refractivity contribution in [2.75, 3.05) is 6.61 Å². The van der Waals surface area contributed by atoms with Crippen molar-refractivity contribution in [2.24, 2.45) is 0 Å². The van der Waals surface area contributed by atoms with Crippen LogP contribution in [0.5, 0.6) is 0 Å². The molecule has 0 N–H and O–H groups in total. The highest BCUT2D eigenvalue weighted by atomic mass is 32.1. The number of ether oxygens (including phenoxy) is 1. The molecule has 20 heavy (non-hydrogen) atoms. The Balaban J connectivity index is 2.42. The van der Waals surface area contributed by atoms with E-state index in [9.17, 15) is 18.0 Å². The van der Waals surface area contributed by atoms with Gasteiger partial charge in [0.25, 0.3) is 0 Å². The van der Waals surface area contributed by atoms with E-state index in [0.29, 0.717) is 17.0 Å². The van der Waals surface area contributed by atoms with Crippen molar-refractivity contribution in [3.8, 4) is 5.13 Å². The molecule has 2 aromatic rings. The first kappa shape index (κ1) is 14.4. The van der Waals surface area contributed by atoms with Crippen LogP contribution >= 0.6 is 11.3 Å². The molecule has 0 unspecified atom stereocenters. The maximum absolute atomic E-state index is 12.5. The van der Waals surface area contributed by atoms with Gasteiger partial charge in [0.2, 0.25) is 10.1 Å². The topological polar surface area (TPSA) is 69.9 Å². The molecule has 0 aliphatic rings. The van der Waals surface area contributed by atoms with E-state index in [1.807, 2.05) is 0 Å². The lowest BCUT2D eigenvalue weighted by Crippen LogP contribution is -2.11. The van der Waals surface area contributed by atoms with Gasteiger partial charge >= 0.3 is 12.1 Å². The minimum absolute atomic E-state index is 0.00854. The van der Waals surface area contributed by atoms with Crippen molar-refractivity contribution in [1.29, 1.82) is 0 Å². The summed E-state index contributed by atoms with van der Waals surface area (Å²) in [6.45, 7) is 3.37. The third-order valence-electron chi connectivity index (χ3n) is 2.15. The van der Waals surface area contributed by atoms with Gasteiger partial charge < -0.3 is 4.74 Å². The molecule has 0 saturated heterocycles. The molecule has 2 rings (SSSR count). The van der Waals surface area contributed by atoms with E-state index in [1.165, 1.54) is 6.07 Å². The average molecular weight is 306 g/mol. The van der Waals surface area contributed by atoms with Gasteiger partial charge in [-0.2, -0.15) is 23.0 Å². The van der Waals surface area contributed by atoms with E-state index in [4.69, 9.17) is 4.74 Å². The fourth-order valence-corrected chi connectivity index (χ4v) is 2.09. The van der Waals surface area contributed by atoms with E-state index < -0.39 is 17.2 Å². The maximum Gasteiger partial charge on any atom is 0.445 e. The zero-order valence-electron chi connectivity index (χ0n) is 10.4. The Morgan fingerprint density at radius 1 is 1.45 bits per heavy atom. The standard InChI is InChI=1S/C10H9F3N4O2S/c1-3-19-7(18)6-4-5(2)16-17(6)9-15-14-8(20-9)10(11,12)13/h4H,3H2,1-2H3. The number of carbonyl (C=O) groups is 1. The van der Waals surface area contributed by atoms with Crippen LogP contribution in [0.4, 0.5) is 13.2 Å². The van der Waals surface area contributed by atoms with Crippen molar-refractivity contribution in [3.63, 3.8) is 0 Å². The van der Waals surface area contributed by atoms with Crippen LogP contribution in [-0.4, -0.2) is 32.6 Å². The van der Waals surface area contributed by atoms with Crippen LogP contribution in [0.3, 0.4) is 0 Å². The molecule has 6 nitrogen and oxygen atoms in total. The van der Waals surface area contributed by atoms with Crippen LogP contribution in [0.1, 0.15) is 28.1 Å². The molecule has 0 aliphatic heterocycles. The molecular formula is C10H9F3N4O2S. The zero-order chi connectivity index (χ0) is 14.9. The van der Waals surface area contributed by atoms with Gasteiger partial charge in [0.1, 0.15) is 0 Å². The van der Waals surface area contributed by atoms with Gasteiger partial charge in [0, 0.05) is 0 Å². The fraction of sp³-hybridized carbons (Fsp3) is 0.400. The SMILES string of the molecule is CCOC(=O)c1cc(C)nn1-c1nnc(C(F)(F)F)s1. The van der Waals surface area contributed by atoms with Crippen LogP contribution in [0, 0.1) is 6.92 Å². The summed E-state index contributed by atoms with van der Waals surface area (Å²) in [6.07, 6.45) is -4.58. The lowest BCUT2D eigenvalue weighted by atomic mass is 10.4. The van der Waals surface area contributed by atoms with Gasteiger partial charge in [-0.3, -0.25) is 0 Å². The summed E-state index contributed by atoms with van der Waals surface area (Å²) in [5, 5.41) is 9.15. The van der Waals surface area contributed by atoms with Gasteiger partial charge in [0.15, 0.2) is 5.69 Å². The summed E-state index contributed by atoms with van der Waals surface area (Å²) < 4.78 is 43.3. The number of hydrogen-bond donors (Lipinski definition) is 0. The van der Waals surface area contributed by atoms with E-state index in [2.05, 4.69) is 15.3 Å². The summed E-state index contributed by atoms with van der Waals surface area (Å²) in [5.41, 5.74) is 0.464. The smallest absolute Gasteiger partial charge is 0.445 e. The number of aromatic nitrogens is 4. The fourth-order valence-electron chi connectivity index (χ4n) is 1.41. The molecule has 0 radical (unpaired) electrons. The summed E-state index contributed by atoms with van der Waals surface area (Å²) >= 11 is 0.301. The Kier molecular flexibility index (Phi) is 3.75. The Labute approximate surface area is 115 Å². The average Bonchev–Trinajstić information content (AvgIpc) is 2.94. The van der Waals surface area contributed by atoms with Gasteiger partial charge in [-0.25, -0.2) is 4.79 Å². The van der Waals surface area contributed by atoms with E-state index in [0.717, 1.165) is 4.68 Å². The number of halogens is 3. The van der Waals surface area contributed by atoms with Crippen LogP contribution in [0.2, 0.25) is 0 Å². The number of alkyl halides is 3. The predicted octanol–water partition coefficient (Wildman–Crippen LogP) is 2.23. The van der Waals surface area contributed by atoms with Crippen molar-refractivity contribution >= 4 is 17.3 Å². The second-order valence-electron chi connectivity index (χ2n) is 3.69. The Morgan fingerprint density at radius 2 is 2.15 bits per heavy atom.